The van der Waals surface area contributed by atoms with Gasteiger partial charge in [-0.25, -0.2) is 4.79 Å². The highest BCUT2D eigenvalue weighted by Gasteiger charge is 2.07. The SMILES string of the molecule is COc1ccccc1NC(=O)NCc1nn[nH]n1. The lowest BCUT2D eigenvalue weighted by atomic mass is 10.3. The Bertz CT molecular complexity index is 513. The summed E-state index contributed by atoms with van der Waals surface area (Å²) in [5.74, 6) is 0.998. The summed E-state index contributed by atoms with van der Waals surface area (Å²) in [6.07, 6.45) is 0. The Kier molecular flexibility index (Phi) is 3.69. The van der Waals surface area contributed by atoms with E-state index < -0.39 is 0 Å². The zero-order valence-electron chi connectivity index (χ0n) is 9.67. The number of aromatic amines is 1. The normalized spacial score (nSPS) is 9.83. The minimum atomic E-state index is -0.371. The van der Waals surface area contributed by atoms with Gasteiger partial charge in [0.15, 0.2) is 5.82 Å². The van der Waals surface area contributed by atoms with Crippen molar-refractivity contribution in [1.82, 2.24) is 25.9 Å². The molecule has 0 saturated carbocycles. The van der Waals surface area contributed by atoms with Crippen LogP contribution in [0.15, 0.2) is 24.3 Å². The van der Waals surface area contributed by atoms with Gasteiger partial charge in [-0.05, 0) is 12.1 Å². The minimum Gasteiger partial charge on any atom is -0.495 e. The third-order valence-electron chi connectivity index (χ3n) is 2.15. The van der Waals surface area contributed by atoms with Gasteiger partial charge in [-0.15, -0.1) is 10.2 Å². The molecule has 0 radical (unpaired) electrons. The lowest BCUT2D eigenvalue weighted by Crippen LogP contribution is -2.28. The van der Waals surface area contributed by atoms with Crippen molar-refractivity contribution in [1.29, 1.82) is 0 Å². The van der Waals surface area contributed by atoms with Crippen LogP contribution in [0.25, 0.3) is 0 Å². The summed E-state index contributed by atoms with van der Waals surface area (Å²) in [5.41, 5.74) is 0.589. The summed E-state index contributed by atoms with van der Waals surface area (Å²) in [6.45, 7) is 0.192. The minimum absolute atomic E-state index is 0.192. The van der Waals surface area contributed by atoms with E-state index in [9.17, 15) is 4.79 Å². The van der Waals surface area contributed by atoms with Gasteiger partial charge in [0.05, 0.1) is 19.3 Å². The Morgan fingerprint density at radius 1 is 1.44 bits per heavy atom. The molecular weight excluding hydrogens is 236 g/mol. The second-order valence-electron chi connectivity index (χ2n) is 3.34. The molecule has 94 valence electrons. The maximum Gasteiger partial charge on any atom is 0.319 e. The summed E-state index contributed by atoms with van der Waals surface area (Å²) in [6, 6.07) is 6.75. The van der Waals surface area contributed by atoms with Crippen LogP contribution in [-0.2, 0) is 6.54 Å². The van der Waals surface area contributed by atoms with Crippen molar-refractivity contribution in [2.45, 2.75) is 6.54 Å². The number of aromatic nitrogens is 4. The molecule has 8 heteroatoms. The number of hydrogen-bond acceptors (Lipinski definition) is 5. The van der Waals surface area contributed by atoms with Crippen molar-refractivity contribution in [3.05, 3.63) is 30.1 Å². The van der Waals surface area contributed by atoms with Crippen LogP contribution in [0.5, 0.6) is 5.75 Å². The van der Waals surface area contributed by atoms with Gasteiger partial charge in [-0.2, -0.15) is 5.21 Å². The fourth-order valence-corrected chi connectivity index (χ4v) is 1.33. The molecule has 0 bridgehead atoms. The second-order valence-corrected chi connectivity index (χ2v) is 3.34. The monoisotopic (exact) mass is 248 g/mol. The van der Waals surface area contributed by atoms with Gasteiger partial charge >= 0.3 is 6.03 Å². The number of amides is 2. The number of rotatable bonds is 4. The second kappa shape index (κ2) is 5.62. The third kappa shape index (κ3) is 2.94. The number of ether oxygens (including phenoxy) is 1. The van der Waals surface area contributed by atoms with Gasteiger partial charge in [0.25, 0.3) is 0 Å². The number of H-pyrrole nitrogens is 1. The molecule has 2 amide bonds. The molecule has 8 nitrogen and oxygen atoms in total. The highest BCUT2D eigenvalue weighted by molar-refractivity contribution is 5.90. The summed E-state index contributed by atoms with van der Waals surface area (Å²) in [5, 5.41) is 18.4. The van der Waals surface area contributed by atoms with Crippen molar-refractivity contribution in [2.75, 3.05) is 12.4 Å². The van der Waals surface area contributed by atoms with Gasteiger partial charge < -0.3 is 15.4 Å². The number of methoxy groups -OCH3 is 1. The van der Waals surface area contributed by atoms with Crippen LogP contribution in [0.4, 0.5) is 10.5 Å². The van der Waals surface area contributed by atoms with Gasteiger partial charge in [0.2, 0.25) is 0 Å². The van der Waals surface area contributed by atoms with E-state index in [-0.39, 0.29) is 12.6 Å². The number of benzene rings is 1. The fraction of sp³-hybridized carbons (Fsp3) is 0.200. The average molecular weight is 248 g/mol. The van der Waals surface area contributed by atoms with Crippen LogP contribution < -0.4 is 15.4 Å². The smallest absolute Gasteiger partial charge is 0.319 e. The van der Waals surface area contributed by atoms with Crippen LogP contribution in [0, 0.1) is 0 Å². The number of nitrogens with zero attached hydrogens (tertiary/aromatic N) is 3. The van der Waals surface area contributed by atoms with Crippen molar-refractivity contribution >= 4 is 11.7 Å². The molecule has 0 aliphatic heterocycles. The average Bonchev–Trinajstić information content (AvgIpc) is 2.90. The number of carbonyl (C=O) groups is 1. The number of hydrogen-bond donors (Lipinski definition) is 3. The number of nitrogens with one attached hydrogen (secondary N) is 3. The fourth-order valence-electron chi connectivity index (χ4n) is 1.33. The first-order valence-electron chi connectivity index (χ1n) is 5.20. The molecule has 1 aromatic carbocycles. The van der Waals surface area contributed by atoms with Gasteiger partial charge in [-0.3, -0.25) is 0 Å². The number of para-hydroxylation sites is 2. The molecule has 0 aliphatic rings. The van der Waals surface area contributed by atoms with E-state index in [0.717, 1.165) is 0 Å². The standard InChI is InChI=1S/C10H12N6O2/c1-18-8-5-3-2-4-7(8)12-10(17)11-6-9-13-15-16-14-9/h2-5H,6H2,1H3,(H2,11,12,17)(H,13,14,15,16). The lowest BCUT2D eigenvalue weighted by molar-refractivity contribution is 0.251. The first-order chi connectivity index (χ1) is 8.79. The van der Waals surface area contributed by atoms with E-state index in [4.69, 9.17) is 4.74 Å². The summed E-state index contributed by atoms with van der Waals surface area (Å²) < 4.78 is 5.11. The van der Waals surface area contributed by atoms with E-state index in [2.05, 4.69) is 31.3 Å². The van der Waals surface area contributed by atoms with Crippen LogP contribution in [0.1, 0.15) is 5.82 Å². The summed E-state index contributed by atoms with van der Waals surface area (Å²) in [4.78, 5) is 11.6. The first-order valence-corrected chi connectivity index (χ1v) is 5.20. The van der Waals surface area contributed by atoms with E-state index >= 15 is 0 Å². The van der Waals surface area contributed by atoms with E-state index in [1.165, 1.54) is 7.11 Å². The molecule has 0 atom stereocenters. The maximum atomic E-state index is 11.6. The molecule has 2 aromatic rings. The molecule has 0 aliphatic carbocycles. The molecule has 0 unspecified atom stereocenters. The summed E-state index contributed by atoms with van der Waals surface area (Å²) in [7, 11) is 1.54. The molecule has 2 rings (SSSR count). The lowest BCUT2D eigenvalue weighted by Gasteiger charge is -2.09. The predicted octanol–water partition coefficient (Wildman–Crippen LogP) is 0.530. The van der Waals surface area contributed by atoms with Crippen molar-refractivity contribution < 1.29 is 9.53 Å². The Morgan fingerprint density at radius 3 is 3.00 bits per heavy atom. The highest BCUT2D eigenvalue weighted by atomic mass is 16.5. The predicted molar refractivity (Wildman–Crippen MR) is 63.0 cm³/mol. The highest BCUT2D eigenvalue weighted by Crippen LogP contribution is 2.22. The van der Waals surface area contributed by atoms with E-state index in [1.807, 2.05) is 6.07 Å². The van der Waals surface area contributed by atoms with Crippen LogP contribution in [-0.4, -0.2) is 33.8 Å². The summed E-state index contributed by atoms with van der Waals surface area (Å²) >= 11 is 0. The van der Waals surface area contributed by atoms with Crippen molar-refractivity contribution in [2.24, 2.45) is 0 Å². The van der Waals surface area contributed by atoms with Crippen molar-refractivity contribution in [3.63, 3.8) is 0 Å². The van der Waals surface area contributed by atoms with Gasteiger partial charge in [0.1, 0.15) is 5.75 Å². The number of tetrazole rings is 1. The zero-order valence-corrected chi connectivity index (χ0v) is 9.67. The Balaban J connectivity index is 1.90. The molecule has 1 heterocycles. The van der Waals surface area contributed by atoms with E-state index in [1.54, 1.807) is 18.2 Å². The number of anilines is 1. The molecule has 0 spiro atoms. The quantitative estimate of drug-likeness (QED) is 0.732. The van der Waals surface area contributed by atoms with Crippen LogP contribution >= 0.6 is 0 Å². The Morgan fingerprint density at radius 2 is 2.28 bits per heavy atom. The van der Waals surface area contributed by atoms with Gasteiger partial charge in [0, 0.05) is 0 Å². The van der Waals surface area contributed by atoms with E-state index in [0.29, 0.717) is 17.3 Å². The topological polar surface area (TPSA) is 105 Å². The largest absolute Gasteiger partial charge is 0.495 e. The van der Waals surface area contributed by atoms with Crippen molar-refractivity contribution in [3.8, 4) is 5.75 Å². The molecule has 3 N–H and O–H groups in total. The third-order valence-corrected chi connectivity index (χ3v) is 2.15. The number of carbonyl (C=O) groups excluding carboxylic acids is 1. The van der Waals surface area contributed by atoms with Crippen LogP contribution in [0.3, 0.4) is 0 Å². The van der Waals surface area contributed by atoms with Crippen LogP contribution in [0.2, 0.25) is 0 Å². The zero-order chi connectivity index (χ0) is 12.8. The Labute approximate surface area is 103 Å². The molecule has 1 aromatic heterocycles. The first kappa shape index (κ1) is 11.8. The Hall–Kier alpha value is -2.64. The maximum absolute atomic E-state index is 11.6. The molecule has 0 fully saturated rings. The number of urea groups is 1. The van der Waals surface area contributed by atoms with Gasteiger partial charge in [-0.1, -0.05) is 17.3 Å². The molecular formula is C10H12N6O2. The molecule has 18 heavy (non-hydrogen) atoms. The molecule has 0 saturated heterocycles.